The summed E-state index contributed by atoms with van der Waals surface area (Å²) in [4.78, 5) is 50.2. The van der Waals surface area contributed by atoms with E-state index in [1.807, 2.05) is 0 Å². The number of carbonyl (C=O) groups is 4. The van der Waals surface area contributed by atoms with Crippen LogP contribution in [-0.4, -0.2) is 47.3 Å². The Balaban J connectivity index is 1.51. The molecule has 1 aliphatic heterocycles. The van der Waals surface area contributed by atoms with Crippen LogP contribution in [0.4, 0.5) is 0 Å². The van der Waals surface area contributed by atoms with E-state index >= 15 is 0 Å². The Labute approximate surface area is 164 Å². The quantitative estimate of drug-likeness (QED) is 0.620. The Kier molecular flexibility index (Phi) is 6.44. The van der Waals surface area contributed by atoms with Crippen LogP contribution in [0.5, 0.6) is 0 Å². The molecule has 0 spiro atoms. The van der Waals surface area contributed by atoms with Crippen LogP contribution in [0.15, 0.2) is 24.3 Å². The van der Waals surface area contributed by atoms with Crippen LogP contribution in [0.25, 0.3) is 0 Å². The first-order valence-electron chi connectivity index (χ1n) is 9.92. The van der Waals surface area contributed by atoms with Gasteiger partial charge in [0.05, 0.1) is 11.1 Å². The predicted molar refractivity (Wildman–Crippen MR) is 102 cm³/mol. The first-order valence-corrected chi connectivity index (χ1v) is 9.92. The van der Waals surface area contributed by atoms with Crippen LogP contribution in [0.3, 0.4) is 0 Å². The van der Waals surface area contributed by atoms with Crippen LogP contribution >= 0.6 is 0 Å². The van der Waals surface area contributed by atoms with E-state index in [-0.39, 0.29) is 23.1 Å². The van der Waals surface area contributed by atoms with Crippen LogP contribution in [0.2, 0.25) is 0 Å². The zero-order chi connectivity index (χ0) is 20.1. The highest BCUT2D eigenvalue weighted by molar-refractivity contribution is 6.22. The van der Waals surface area contributed by atoms with Gasteiger partial charge in [0.15, 0.2) is 6.61 Å². The lowest BCUT2D eigenvalue weighted by molar-refractivity contribution is -0.152. The monoisotopic (exact) mass is 386 g/mol. The molecule has 0 aromatic heterocycles. The van der Waals surface area contributed by atoms with Crippen molar-refractivity contribution in [3.63, 3.8) is 0 Å². The van der Waals surface area contributed by atoms with Crippen molar-refractivity contribution >= 4 is 23.7 Å². The third kappa shape index (κ3) is 4.40. The number of rotatable bonds is 5. The van der Waals surface area contributed by atoms with Gasteiger partial charge in [-0.05, 0) is 31.9 Å². The minimum absolute atomic E-state index is 0.111. The molecule has 7 heteroatoms. The molecule has 1 aromatic carbocycles. The number of imide groups is 1. The topological polar surface area (TPSA) is 92.8 Å². The molecule has 2 aliphatic rings. The highest BCUT2D eigenvalue weighted by Crippen LogP contribution is 2.24. The van der Waals surface area contributed by atoms with Gasteiger partial charge in [0, 0.05) is 6.04 Å². The van der Waals surface area contributed by atoms with Crippen LogP contribution in [0, 0.1) is 0 Å². The van der Waals surface area contributed by atoms with E-state index in [9.17, 15) is 19.2 Å². The molecule has 28 heavy (non-hydrogen) atoms. The highest BCUT2D eigenvalue weighted by atomic mass is 16.5. The third-order valence-electron chi connectivity index (χ3n) is 5.37. The second-order valence-corrected chi connectivity index (χ2v) is 7.42. The number of hydrogen-bond donors (Lipinski definition) is 1. The van der Waals surface area contributed by atoms with Gasteiger partial charge in [-0.25, -0.2) is 4.79 Å². The Morgan fingerprint density at radius 2 is 1.57 bits per heavy atom. The molecule has 7 nitrogen and oxygen atoms in total. The third-order valence-corrected chi connectivity index (χ3v) is 5.37. The molecule has 0 bridgehead atoms. The smallest absolute Gasteiger partial charge is 0.329 e. The van der Waals surface area contributed by atoms with Gasteiger partial charge in [0.25, 0.3) is 17.7 Å². The minimum Gasteiger partial charge on any atom is -0.454 e. The summed E-state index contributed by atoms with van der Waals surface area (Å²) in [6.45, 7) is 1.01. The van der Waals surface area contributed by atoms with E-state index in [4.69, 9.17) is 4.74 Å². The first-order chi connectivity index (χ1) is 13.5. The molecule has 0 radical (unpaired) electrons. The molecule has 3 amide bonds. The van der Waals surface area contributed by atoms with E-state index in [0.717, 1.165) is 30.6 Å². The standard InChI is InChI=1S/C21H26N2O5/c1-14(23-19(25)16-11-7-8-12-17(16)20(23)26)21(27)28-13-18(24)22-15-9-5-3-2-4-6-10-15/h7-8,11-12,14-15H,2-6,9-10,13H2,1H3,(H,22,24)/t14-/m1/s1. The van der Waals surface area contributed by atoms with Crippen molar-refractivity contribution < 1.29 is 23.9 Å². The molecule has 150 valence electrons. The van der Waals surface area contributed by atoms with Gasteiger partial charge >= 0.3 is 5.97 Å². The summed E-state index contributed by atoms with van der Waals surface area (Å²) in [5, 5.41) is 2.92. The van der Waals surface area contributed by atoms with Gasteiger partial charge in [-0.15, -0.1) is 0 Å². The molecule has 0 unspecified atom stereocenters. The van der Waals surface area contributed by atoms with Gasteiger partial charge in [0.2, 0.25) is 0 Å². The number of ether oxygens (including phenoxy) is 1. The molecule has 1 N–H and O–H groups in total. The van der Waals surface area contributed by atoms with Crippen LogP contribution in [-0.2, 0) is 14.3 Å². The summed E-state index contributed by atoms with van der Waals surface area (Å²) in [6.07, 6.45) is 7.64. The van der Waals surface area contributed by atoms with E-state index < -0.39 is 30.4 Å². The van der Waals surface area contributed by atoms with Crippen LogP contribution in [0.1, 0.15) is 72.6 Å². The molecule has 1 aromatic rings. The lowest BCUT2D eigenvalue weighted by Gasteiger charge is -2.22. The number of benzene rings is 1. The molecular weight excluding hydrogens is 360 g/mol. The molecule has 3 rings (SSSR count). The first kappa shape index (κ1) is 20.0. The summed E-state index contributed by atoms with van der Waals surface area (Å²) in [7, 11) is 0. The zero-order valence-electron chi connectivity index (χ0n) is 16.1. The summed E-state index contributed by atoms with van der Waals surface area (Å²) >= 11 is 0. The maximum atomic E-state index is 12.4. The minimum atomic E-state index is -1.10. The lowest BCUT2D eigenvalue weighted by Crippen LogP contribution is -2.45. The van der Waals surface area contributed by atoms with Crippen LogP contribution < -0.4 is 5.32 Å². The van der Waals surface area contributed by atoms with Gasteiger partial charge in [-0.3, -0.25) is 19.3 Å². The molecule has 0 saturated heterocycles. The average molecular weight is 386 g/mol. The van der Waals surface area contributed by atoms with Crippen molar-refractivity contribution in [2.45, 2.75) is 64.0 Å². The zero-order valence-corrected chi connectivity index (χ0v) is 16.1. The van der Waals surface area contributed by atoms with Crippen molar-refractivity contribution in [1.82, 2.24) is 10.2 Å². The molecule has 1 heterocycles. The number of nitrogens with zero attached hydrogens (tertiary/aromatic N) is 1. The van der Waals surface area contributed by atoms with Gasteiger partial charge < -0.3 is 10.1 Å². The molecular formula is C21H26N2O5. The van der Waals surface area contributed by atoms with Gasteiger partial charge in [-0.2, -0.15) is 0 Å². The molecule has 1 fully saturated rings. The number of hydrogen-bond acceptors (Lipinski definition) is 5. The maximum Gasteiger partial charge on any atom is 0.329 e. The predicted octanol–water partition coefficient (Wildman–Crippen LogP) is 2.44. The summed E-state index contributed by atoms with van der Waals surface area (Å²) in [5.41, 5.74) is 0.545. The van der Waals surface area contributed by atoms with Gasteiger partial charge in [0.1, 0.15) is 6.04 Å². The molecule has 1 aliphatic carbocycles. The summed E-state index contributed by atoms with van der Waals surface area (Å²) in [5.74, 6) is -2.18. The molecule has 1 atom stereocenters. The average Bonchev–Trinajstić information content (AvgIpc) is 2.92. The second kappa shape index (κ2) is 8.99. The van der Waals surface area contributed by atoms with E-state index in [0.29, 0.717) is 0 Å². The van der Waals surface area contributed by atoms with E-state index in [1.54, 1.807) is 24.3 Å². The number of nitrogens with one attached hydrogen (secondary N) is 1. The Morgan fingerprint density at radius 1 is 1.04 bits per heavy atom. The Hall–Kier alpha value is -2.70. The Bertz CT molecular complexity index is 733. The van der Waals surface area contributed by atoms with Crippen molar-refractivity contribution in [3.8, 4) is 0 Å². The number of carbonyl (C=O) groups excluding carboxylic acids is 4. The normalized spacial score (nSPS) is 18.8. The van der Waals surface area contributed by atoms with Crippen molar-refractivity contribution in [3.05, 3.63) is 35.4 Å². The number of amides is 3. The van der Waals surface area contributed by atoms with E-state index in [1.165, 1.54) is 26.2 Å². The summed E-state index contributed by atoms with van der Waals surface area (Å²) < 4.78 is 5.07. The van der Waals surface area contributed by atoms with Crippen molar-refractivity contribution in [2.24, 2.45) is 0 Å². The van der Waals surface area contributed by atoms with Crippen molar-refractivity contribution in [2.75, 3.05) is 6.61 Å². The highest BCUT2D eigenvalue weighted by Gasteiger charge is 2.41. The number of fused-ring (bicyclic) bond motifs is 1. The lowest BCUT2D eigenvalue weighted by atomic mass is 9.97. The second-order valence-electron chi connectivity index (χ2n) is 7.42. The Morgan fingerprint density at radius 3 is 2.14 bits per heavy atom. The molecule has 1 saturated carbocycles. The van der Waals surface area contributed by atoms with Gasteiger partial charge in [-0.1, -0.05) is 44.2 Å². The SMILES string of the molecule is C[C@H](C(=O)OCC(=O)NC1CCCCCCC1)N1C(=O)c2ccccc2C1=O. The largest absolute Gasteiger partial charge is 0.454 e. The number of esters is 1. The maximum absolute atomic E-state index is 12.4. The fraction of sp³-hybridized carbons (Fsp3) is 0.524. The van der Waals surface area contributed by atoms with E-state index in [2.05, 4.69) is 5.32 Å². The fourth-order valence-electron chi connectivity index (χ4n) is 3.79. The summed E-state index contributed by atoms with van der Waals surface area (Å²) in [6, 6.07) is 5.44. The fourth-order valence-corrected chi connectivity index (χ4v) is 3.79. The van der Waals surface area contributed by atoms with Crippen molar-refractivity contribution in [1.29, 1.82) is 0 Å².